The molecule has 11 heteroatoms. The van der Waals surface area contributed by atoms with Crippen molar-refractivity contribution in [1.82, 2.24) is 0 Å². The van der Waals surface area contributed by atoms with Crippen molar-refractivity contribution >= 4 is 5.97 Å². The highest BCUT2D eigenvalue weighted by atomic mass is 16.6. The monoisotopic (exact) mass is 760 g/mol. The van der Waals surface area contributed by atoms with Gasteiger partial charge in [0.25, 0.3) is 0 Å². The molecule has 0 aromatic heterocycles. The summed E-state index contributed by atoms with van der Waals surface area (Å²) in [5.74, 6) is -0.357. The van der Waals surface area contributed by atoms with Gasteiger partial charge in [0.1, 0.15) is 12.2 Å². The Morgan fingerprint density at radius 1 is 0.327 bits per heavy atom. The molecule has 0 N–H and O–H groups in total. The van der Waals surface area contributed by atoms with Crippen LogP contribution in [0.25, 0.3) is 0 Å². The second-order valence-electron chi connectivity index (χ2n) is 12.0. The van der Waals surface area contributed by atoms with Crippen molar-refractivity contribution < 1.29 is 52.2 Å². The summed E-state index contributed by atoms with van der Waals surface area (Å²) in [5.41, 5.74) is 2.96. The first kappa shape index (κ1) is 43.7. The van der Waals surface area contributed by atoms with Crippen molar-refractivity contribution in [3.05, 3.63) is 144 Å². The lowest BCUT2D eigenvalue weighted by Crippen LogP contribution is -2.34. The molecule has 0 saturated heterocycles. The summed E-state index contributed by atoms with van der Waals surface area (Å²) in [7, 11) is 0. The zero-order valence-corrected chi connectivity index (χ0v) is 31.8. The quantitative estimate of drug-likeness (QED) is 0.0333. The number of hydrogen-bond acceptors (Lipinski definition) is 11. The summed E-state index contributed by atoms with van der Waals surface area (Å²) in [6.07, 6.45) is 0. The average molecular weight is 761 g/mol. The standard InChI is InChI=1S/C44H56O11/c45-43(39-13-5-1-6-14-39)54-37-35-52-33-31-50-29-27-48-25-23-46-21-22-47-24-26-49-28-30-51-32-34-53-36-38-55-44(40-15-7-2-8-16-40,41-17-9-3-10-18-41)42-19-11-4-12-20-42/h1-20H,21-38H2. The van der Waals surface area contributed by atoms with Crippen molar-refractivity contribution in [2.45, 2.75) is 5.60 Å². The number of benzene rings is 4. The van der Waals surface area contributed by atoms with Gasteiger partial charge in [-0.05, 0) is 28.8 Å². The molecule has 11 nitrogen and oxygen atoms in total. The molecule has 0 aliphatic carbocycles. The molecule has 4 aromatic carbocycles. The number of carbonyl (C=O) groups excluding carboxylic acids is 1. The topological polar surface area (TPSA) is 109 Å². The Hall–Kier alpha value is -4.01. The Morgan fingerprint density at radius 3 is 0.891 bits per heavy atom. The van der Waals surface area contributed by atoms with E-state index in [4.69, 9.17) is 47.4 Å². The second kappa shape index (κ2) is 28.4. The molecular weight excluding hydrogens is 704 g/mol. The summed E-state index contributed by atoms with van der Waals surface area (Å²) >= 11 is 0. The Morgan fingerprint density at radius 2 is 0.582 bits per heavy atom. The maximum absolute atomic E-state index is 11.8. The van der Waals surface area contributed by atoms with Crippen LogP contribution >= 0.6 is 0 Å². The molecule has 0 radical (unpaired) electrons. The minimum absolute atomic E-state index is 0.199. The van der Waals surface area contributed by atoms with E-state index in [9.17, 15) is 4.79 Å². The summed E-state index contributed by atoms with van der Waals surface area (Å²) < 4.78 is 56.4. The molecule has 0 amide bonds. The van der Waals surface area contributed by atoms with Gasteiger partial charge >= 0.3 is 5.97 Å². The predicted octanol–water partition coefficient (Wildman–Crippen LogP) is 5.98. The molecule has 55 heavy (non-hydrogen) atoms. The summed E-state index contributed by atoms with van der Waals surface area (Å²) in [5, 5.41) is 0. The van der Waals surface area contributed by atoms with Gasteiger partial charge in [0.2, 0.25) is 0 Å². The van der Waals surface area contributed by atoms with Crippen LogP contribution in [-0.4, -0.2) is 125 Å². The molecule has 0 aliphatic rings. The van der Waals surface area contributed by atoms with Crippen LogP contribution in [0.15, 0.2) is 121 Å². The van der Waals surface area contributed by atoms with Crippen LogP contribution in [0.3, 0.4) is 0 Å². The van der Waals surface area contributed by atoms with Crippen LogP contribution in [0.4, 0.5) is 0 Å². The number of hydrogen-bond donors (Lipinski definition) is 0. The van der Waals surface area contributed by atoms with Crippen LogP contribution in [0.2, 0.25) is 0 Å². The van der Waals surface area contributed by atoms with Crippen molar-refractivity contribution in [2.24, 2.45) is 0 Å². The van der Waals surface area contributed by atoms with E-state index in [2.05, 4.69) is 36.4 Å². The zero-order chi connectivity index (χ0) is 38.3. The first-order valence-corrected chi connectivity index (χ1v) is 19.0. The van der Waals surface area contributed by atoms with Crippen LogP contribution in [0, 0.1) is 0 Å². The van der Waals surface area contributed by atoms with Gasteiger partial charge in [-0.15, -0.1) is 0 Å². The van der Waals surface area contributed by atoms with E-state index in [1.807, 2.05) is 60.7 Å². The summed E-state index contributed by atoms with van der Waals surface area (Å²) in [4.78, 5) is 11.8. The lowest BCUT2D eigenvalue weighted by molar-refractivity contribution is -0.0398. The molecule has 4 rings (SSSR count). The van der Waals surface area contributed by atoms with Crippen molar-refractivity contribution in [3.63, 3.8) is 0 Å². The first-order valence-electron chi connectivity index (χ1n) is 19.0. The second-order valence-corrected chi connectivity index (χ2v) is 12.0. The lowest BCUT2D eigenvalue weighted by Gasteiger charge is -2.36. The third-order valence-electron chi connectivity index (χ3n) is 8.16. The van der Waals surface area contributed by atoms with Crippen LogP contribution in [0.5, 0.6) is 0 Å². The lowest BCUT2D eigenvalue weighted by atomic mass is 9.80. The van der Waals surface area contributed by atoms with E-state index in [-0.39, 0.29) is 12.6 Å². The van der Waals surface area contributed by atoms with Crippen LogP contribution in [-0.2, 0) is 53.0 Å². The van der Waals surface area contributed by atoms with Crippen LogP contribution in [0.1, 0.15) is 27.0 Å². The van der Waals surface area contributed by atoms with E-state index in [1.54, 1.807) is 24.3 Å². The van der Waals surface area contributed by atoms with E-state index >= 15 is 0 Å². The minimum atomic E-state index is -0.756. The van der Waals surface area contributed by atoms with Gasteiger partial charge in [-0.3, -0.25) is 0 Å². The molecule has 0 unspecified atom stereocenters. The Bertz CT molecular complexity index is 1400. The Labute approximate surface area is 325 Å². The number of esters is 1. The molecule has 0 saturated carbocycles. The molecule has 0 spiro atoms. The SMILES string of the molecule is O=C(OCCOCCOCCOCCOCCOCCOCCOCCOCCOC(c1ccccc1)(c1ccccc1)c1ccccc1)c1ccccc1. The Balaban J connectivity index is 0.891. The molecule has 0 heterocycles. The van der Waals surface area contributed by atoms with Gasteiger partial charge in [-0.2, -0.15) is 0 Å². The highest BCUT2D eigenvalue weighted by molar-refractivity contribution is 5.89. The third-order valence-corrected chi connectivity index (χ3v) is 8.16. The van der Waals surface area contributed by atoms with Gasteiger partial charge in [-0.1, -0.05) is 109 Å². The largest absolute Gasteiger partial charge is 0.460 e. The van der Waals surface area contributed by atoms with Gasteiger partial charge < -0.3 is 47.4 Å². The van der Waals surface area contributed by atoms with Gasteiger partial charge in [0.15, 0.2) is 0 Å². The molecule has 4 aromatic rings. The molecule has 298 valence electrons. The van der Waals surface area contributed by atoms with Gasteiger partial charge in [-0.25, -0.2) is 4.79 Å². The fourth-order valence-corrected chi connectivity index (χ4v) is 5.51. The van der Waals surface area contributed by atoms with Crippen molar-refractivity contribution in [2.75, 3.05) is 119 Å². The van der Waals surface area contributed by atoms with E-state index in [0.717, 1.165) is 16.7 Å². The van der Waals surface area contributed by atoms with Gasteiger partial charge in [0, 0.05) is 0 Å². The van der Waals surface area contributed by atoms with Crippen LogP contribution < -0.4 is 0 Å². The maximum Gasteiger partial charge on any atom is 0.338 e. The number of carbonyl (C=O) groups is 1. The van der Waals surface area contributed by atoms with Crippen molar-refractivity contribution in [1.29, 1.82) is 0 Å². The average Bonchev–Trinajstić information content (AvgIpc) is 3.24. The molecule has 0 fully saturated rings. The molecule has 0 atom stereocenters. The predicted molar refractivity (Wildman–Crippen MR) is 208 cm³/mol. The maximum atomic E-state index is 11.8. The minimum Gasteiger partial charge on any atom is -0.460 e. The van der Waals surface area contributed by atoms with E-state index in [1.165, 1.54) is 0 Å². The number of rotatable bonds is 32. The molecular formula is C44H56O11. The molecule has 0 aliphatic heterocycles. The van der Waals surface area contributed by atoms with Crippen molar-refractivity contribution in [3.8, 4) is 0 Å². The first-order chi connectivity index (χ1) is 27.3. The normalized spacial score (nSPS) is 11.5. The molecule has 0 bridgehead atoms. The van der Waals surface area contributed by atoms with E-state index in [0.29, 0.717) is 118 Å². The van der Waals surface area contributed by atoms with E-state index < -0.39 is 5.60 Å². The number of ether oxygens (including phenoxy) is 10. The third kappa shape index (κ3) is 17.1. The zero-order valence-electron chi connectivity index (χ0n) is 31.8. The fraction of sp³-hybridized carbons (Fsp3) is 0.432. The Kier molecular flexibility index (Phi) is 22.6. The summed E-state index contributed by atoms with van der Waals surface area (Å²) in [6.45, 7) is 7.96. The summed E-state index contributed by atoms with van der Waals surface area (Å²) in [6, 6.07) is 39.8. The van der Waals surface area contributed by atoms with Gasteiger partial charge in [0.05, 0.1) is 118 Å². The fourth-order valence-electron chi connectivity index (χ4n) is 5.51. The highest BCUT2D eigenvalue weighted by Gasteiger charge is 2.37. The smallest absolute Gasteiger partial charge is 0.338 e. The highest BCUT2D eigenvalue weighted by Crippen LogP contribution is 2.40.